The molecule has 2 aromatic heterocycles. The van der Waals surface area contributed by atoms with Crippen molar-refractivity contribution in [3.8, 4) is 27.9 Å². The van der Waals surface area contributed by atoms with Gasteiger partial charge < -0.3 is 20.8 Å². The predicted molar refractivity (Wildman–Crippen MR) is 193 cm³/mol. The van der Waals surface area contributed by atoms with Crippen molar-refractivity contribution in [2.45, 2.75) is 80.9 Å². The monoisotopic (exact) mass is 633 g/mol. The van der Waals surface area contributed by atoms with Crippen LogP contribution in [0.4, 0.5) is 17.2 Å². The van der Waals surface area contributed by atoms with E-state index in [1.807, 2.05) is 50.6 Å². The van der Waals surface area contributed by atoms with Crippen LogP contribution in [0.3, 0.4) is 0 Å². The number of pyridine rings is 1. The first kappa shape index (κ1) is 34.9. The minimum Gasteiger partial charge on any atom is -0.481 e. The number of carboxylic acid groups (broad SMARTS) is 1. The second-order valence-electron chi connectivity index (χ2n) is 12.6. The zero-order valence-electron chi connectivity index (χ0n) is 29.0. The number of anilines is 3. The summed E-state index contributed by atoms with van der Waals surface area (Å²) in [7, 11) is 0. The summed E-state index contributed by atoms with van der Waals surface area (Å²) >= 11 is 0. The van der Waals surface area contributed by atoms with Gasteiger partial charge in [-0.15, -0.1) is 0 Å². The molecule has 1 aliphatic rings. The molecule has 3 heterocycles. The molecule has 0 unspecified atom stereocenters. The SMILES string of the molecule is CC.CC(C)(C)O.Cc1ccc(-c2c(C)c3c(c(C)c2CC(=O)O)NCc2ccc(Nc4cc(C)nn4-c4ccncc4)cc2-3)cc1. The fraction of sp³-hybridized carbons (Fsp3) is 0.308. The largest absolute Gasteiger partial charge is 0.481 e. The third-order valence-electron chi connectivity index (χ3n) is 7.64. The highest BCUT2D eigenvalue weighted by molar-refractivity contribution is 5.96. The molecule has 0 atom stereocenters. The van der Waals surface area contributed by atoms with Gasteiger partial charge in [-0.05, 0) is 112 Å². The van der Waals surface area contributed by atoms with Crippen LogP contribution < -0.4 is 10.6 Å². The maximum Gasteiger partial charge on any atom is 0.307 e. The number of fused-ring (bicyclic) bond motifs is 3. The van der Waals surface area contributed by atoms with E-state index in [2.05, 4.69) is 77.0 Å². The predicted octanol–water partition coefficient (Wildman–Crippen LogP) is 8.93. The van der Waals surface area contributed by atoms with Crippen LogP contribution in [0.25, 0.3) is 27.9 Å². The molecule has 6 rings (SSSR count). The number of rotatable bonds is 6. The molecule has 1 aliphatic heterocycles. The lowest BCUT2D eigenvalue weighted by Crippen LogP contribution is -2.15. The molecular formula is C39H47N5O3. The van der Waals surface area contributed by atoms with Crippen LogP contribution in [0, 0.1) is 27.7 Å². The molecule has 5 aromatic rings. The van der Waals surface area contributed by atoms with Gasteiger partial charge in [0.2, 0.25) is 0 Å². The summed E-state index contributed by atoms with van der Waals surface area (Å²) in [6, 6.07) is 20.7. The van der Waals surface area contributed by atoms with E-state index >= 15 is 0 Å². The smallest absolute Gasteiger partial charge is 0.307 e. The molecule has 0 fully saturated rings. The fourth-order valence-electron chi connectivity index (χ4n) is 5.75. The van der Waals surface area contributed by atoms with E-state index in [1.54, 1.807) is 33.2 Å². The highest BCUT2D eigenvalue weighted by Crippen LogP contribution is 2.47. The Bertz CT molecular complexity index is 1850. The first-order valence-corrected chi connectivity index (χ1v) is 16.1. The molecule has 47 heavy (non-hydrogen) atoms. The number of hydrogen-bond donors (Lipinski definition) is 4. The van der Waals surface area contributed by atoms with Gasteiger partial charge in [0.25, 0.3) is 0 Å². The summed E-state index contributed by atoms with van der Waals surface area (Å²) in [5.41, 5.74) is 12.9. The van der Waals surface area contributed by atoms with Gasteiger partial charge >= 0.3 is 5.97 Å². The summed E-state index contributed by atoms with van der Waals surface area (Å²) in [4.78, 5) is 16.1. The Labute approximate surface area is 278 Å². The number of benzene rings is 3. The minimum atomic E-state index is -0.834. The minimum absolute atomic E-state index is 0.0301. The molecule has 8 nitrogen and oxygen atoms in total. The van der Waals surface area contributed by atoms with Crippen molar-refractivity contribution in [1.82, 2.24) is 14.8 Å². The van der Waals surface area contributed by atoms with Crippen LogP contribution in [0.15, 0.2) is 73.1 Å². The van der Waals surface area contributed by atoms with Crippen molar-refractivity contribution in [2.24, 2.45) is 0 Å². The zero-order chi connectivity index (χ0) is 34.5. The third-order valence-corrected chi connectivity index (χ3v) is 7.64. The summed E-state index contributed by atoms with van der Waals surface area (Å²) in [6.45, 7) is 18.1. The highest BCUT2D eigenvalue weighted by atomic mass is 16.4. The molecule has 0 aliphatic carbocycles. The number of aliphatic carboxylic acids is 1. The van der Waals surface area contributed by atoms with Gasteiger partial charge in [0.1, 0.15) is 5.82 Å². The Hall–Kier alpha value is -4.95. The molecule has 0 saturated heterocycles. The average molecular weight is 634 g/mol. The maximum absolute atomic E-state index is 11.9. The van der Waals surface area contributed by atoms with Crippen molar-refractivity contribution in [3.05, 3.63) is 107 Å². The second kappa shape index (κ2) is 14.6. The molecule has 8 heteroatoms. The van der Waals surface area contributed by atoms with E-state index in [9.17, 15) is 9.90 Å². The number of aliphatic hydroxyl groups is 1. The van der Waals surface area contributed by atoms with E-state index in [4.69, 9.17) is 5.11 Å². The van der Waals surface area contributed by atoms with Gasteiger partial charge in [-0.2, -0.15) is 5.10 Å². The number of hydrogen-bond acceptors (Lipinski definition) is 6. The first-order valence-electron chi connectivity index (χ1n) is 16.1. The molecule has 0 bridgehead atoms. The Kier molecular flexibility index (Phi) is 10.9. The summed E-state index contributed by atoms with van der Waals surface area (Å²) in [6.07, 6.45) is 3.49. The average Bonchev–Trinajstić information content (AvgIpc) is 3.40. The van der Waals surface area contributed by atoms with Crippen LogP contribution in [0.2, 0.25) is 0 Å². The topological polar surface area (TPSA) is 112 Å². The molecule has 246 valence electrons. The lowest BCUT2D eigenvalue weighted by molar-refractivity contribution is -0.136. The maximum atomic E-state index is 11.9. The van der Waals surface area contributed by atoms with Gasteiger partial charge in [-0.25, -0.2) is 4.68 Å². The van der Waals surface area contributed by atoms with Crippen molar-refractivity contribution in [1.29, 1.82) is 0 Å². The van der Waals surface area contributed by atoms with E-state index in [0.717, 1.165) is 67.5 Å². The molecular weight excluding hydrogens is 586 g/mol. The van der Waals surface area contributed by atoms with Gasteiger partial charge in [0, 0.05) is 41.9 Å². The molecule has 0 saturated carbocycles. The van der Waals surface area contributed by atoms with Crippen LogP contribution in [0.5, 0.6) is 0 Å². The summed E-state index contributed by atoms with van der Waals surface area (Å²) < 4.78 is 1.88. The first-order chi connectivity index (χ1) is 22.3. The van der Waals surface area contributed by atoms with Gasteiger partial charge in [-0.3, -0.25) is 9.78 Å². The number of nitrogens with one attached hydrogen (secondary N) is 2. The van der Waals surface area contributed by atoms with Crippen LogP contribution >= 0.6 is 0 Å². The number of carbonyl (C=O) groups is 1. The van der Waals surface area contributed by atoms with E-state index in [0.29, 0.717) is 6.54 Å². The van der Waals surface area contributed by atoms with Crippen molar-refractivity contribution in [3.63, 3.8) is 0 Å². The van der Waals surface area contributed by atoms with Gasteiger partial charge in [-0.1, -0.05) is 49.7 Å². The molecule has 0 amide bonds. The Balaban J connectivity index is 0.000000655. The molecule has 0 spiro atoms. The number of nitrogens with zero attached hydrogens (tertiary/aromatic N) is 3. The van der Waals surface area contributed by atoms with Gasteiger partial charge in [0.05, 0.1) is 23.4 Å². The fourth-order valence-corrected chi connectivity index (χ4v) is 5.75. The quantitative estimate of drug-likeness (QED) is 0.148. The van der Waals surface area contributed by atoms with E-state index in [1.165, 1.54) is 11.1 Å². The Morgan fingerprint density at radius 1 is 0.915 bits per heavy atom. The number of aromatic nitrogens is 3. The van der Waals surface area contributed by atoms with Crippen molar-refractivity contribution >= 4 is 23.2 Å². The van der Waals surface area contributed by atoms with E-state index in [-0.39, 0.29) is 6.42 Å². The summed E-state index contributed by atoms with van der Waals surface area (Å²) in [5.74, 6) is 0.0301. The normalized spacial score (nSPS) is 11.5. The van der Waals surface area contributed by atoms with Gasteiger partial charge in [0.15, 0.2) is 0 Å². The van der Waals surface area contributed by atoms with Crippen molar-refractivity contribution < 1.29 is 15.0 Å². The van der Waals surface area contributed by atoms with Crippen LogP contribution in [0.1, 0.15) is 68.1 Å². The van der Waals surface area contributed by atoms with Crippen LogP contribution in [-0.2, 0) is 17.8 Å². The summed E-state index contributed by atoms with van der Waals surface area (Å²) in [5, 5.41) is 30.2. The zero-order valence-corrected chi connectivity index (χ0v) is 29.0. The highest BCUT2D eigenvalue weighted by Gasteiger charge is 2.27. The Morgan fingerprint density at radius 2 is 1.55 bits per heavy atom. The van der Waals surface area contributed by atoms with E-state index < -0.39 is 11.6 Å². The number of aryl methyl sites for hydroxylation is 2. The lowest BCUT2D eigenvalue weighted by Gasteiger charge is -2.30. The second-order valence-corrected chi connectivity index (χ2v) is 12.6. The van der Waals surface area contributed by atoms with Crippen molar-refractivity contribution in [2.75, 3.05) is 10.6 Å². The third kappa shape index (κ3) is 8.26. The molecule has 3 aromatic carbocycles. The molecule has 0 radical (unpaired) electrons. The Morgan fingerprint density at radius 3 is 2.17 bits per heavy atom. The lowest BCUT2D eigenvalue weighted by atomic mass is 9.81. The number of carboxylic acids is 1. The standard InChI is InChI=1S/C33H31N5O2.C4H10O.C2H6/c1-19-5-7-23(8-6-19)31-22(4)32-28-16-25(36-29-15-20(2)37-38(29)26-11-13-34-14-12-26)10-9-24(28)18-35-33(32)21(3)27(31)17-30(39)40;1-4(2,3)5;1-2/h5-16,35-36H,17-18H2,1-4H3,(H,39,40);5H,1-3H3;1-2H3. The van der Waals surface area contributed by atoms with Crippen LogP contribution in [-0.4, -0.2) is 36.5 Å². The molecule has 4 N–H and O–H groups in total.